The minimum absolute atomic E-state index is 0.111. The van der Waals surface area contributed by atoms with E-state index in [1.54, 1.807) is 0 Å². The number of likely N-dealkylation sites (tertiary alicyclic amines) is 1. The van der Waals surface area contributed by atoms with E-state index in [0.29, 0.717) is 5.92 Å². The maximum absolute atomic E-state index is 13.2. The van der Waals surface area contributed by atoms with Crippen molar-refractivity contribution < 1.29 is 13.6 Å². The molecule has 1 saturated heterocycles. The fourth-order valence-electron chi connectivity index (χ4n) is 3.52. The molecule has 5 heteroatoms. The van der Waals surface area contributed by atoms with E-state index in [2.05, 4.69) is 17.4 Å². The first-order valence-corrected chi connectivity index (χ1v) is 8.49. The Morgan fingerprint density at radius 2 is 1.87 bits per heavy atom. The summed E-state index contributed by atoms with van der Waals surface area (Å²) in [5.74, 6) is -2.05. The van der Waals surface area contributed by atoms with Crippen LogP contribution < -0.4 is 5.32 Å². The summed E-state index contributed by atoms with van der Waals surface area (Å²) >= 11 is 0. The second-order valence-electron chi connectivity index (χ2n) is 6.83. The number of halogens is 2. The zero-order chi connectivity index (χ0) is 16.4. The van der Waals surface area contributed by atoms with Crippen LogP contribution in [0.1, 0.15) is 55.6 Å². The molecule has 1 heterocycles. The Labute approximate surface area is 136 Å². The zero-order valence-electron chi connectivity index (χ0n) is 13.6. The maximum atomic E-state index is 13.2. The molecule has 0 aromatic heterocycles. The normalized spacial score (nSPS) is 21.4. The van der Waals surface area contributed by atoms with Gasteiger partial charge >= 0.3 is 6.03 Å². The van der Waals surface area contributed by atoms with Crippen molar-refractivity contribution in [2.45, 2.75) is 57.3 Å². The van der Waals surface area contributed by atoms with Crippen LogP contribution in [-0.2, 0) is 0 Å². The van der Waals surface area contributed by atoms with Crippen LogP contribution in [0.4, 0.5) is 19.3 Å². The van der Waals surface area contributed by atoms with Gasteiger partial charge in [0.2, 0.25) is 0 Å². The van der Waals surface area contributed by atoms with Crippen molar-refractivity contribution in [1.82, 2.24) is 4.90 Å². The number of nitrogens with one attached hydrogen (secondary N) is 1. The van der Waals surface area contributed by atoms with Gasteiger partial charge in [-0.3, -0.25) is 0 Å². The largest absolute Gasteiger partial charge is 0.324 e. The molecule has 1 aliphatic heterocycles. The lowest BCUT2D eigenvalue weighted by Gasteiger charge is -2.32. The van der Waals surface area contributed by atoms with E-state index in [4.69, 9.17) is 0 Å². The van der Waals surface area contributed by atoms with E-state index in [0.717, 1.165) is 11.3 Å². The van der Waals surface area contributed by atoms with Gasteiger partial charge in [0, 0.05) is 31.6 Å². The first-order valence-electron chi connectivity index (χ1n) is 8.49. The van der Waals surface area contributed by atoms with Gasteiger partial charge in [0.15, 0.2) is 0 Å². The third-order valence-electron chi connectivity index (χ3n) is 5.11. The number of carbonyl (C=O) groups is 1. The van der Waals surface area contributed by atoms with Crippen molar-refractivity contribution in [2.75, 3.05) is 18.4 Å². The summed E-state index contributed by atoms with van der Waals surface area (Å²) in [4.78, 5) is 13.8. The highest BCUT2D eigenvalue weighted by atomic mass is 19.3. The van der Waals surface area contributed by atoms with Crippen molar-refractivity contribution in [3.05, 3.63) is 29.3 Å². The molecule has 3 rings (SSSR count). The molecular weight excluding hydrogens is 298 g/mol. The van der Waals surface area contributed by atoms with Gasteiger partial charge in [-0.1, -0.05) is 25.0 Å². The predicted molar refractivity (Wildman–Crippen MR) is 87.2 cm³/mol. The molecule has 1 aromatic rings. The lowest BCUT2D eigenvalue weighted by atomic mass is 9.96. The molecule has 2 aliphatic rings. The van der Waals surface area contributed by atoms with Crippen LogP contribution in [0.25, 0.3) is 0 Å². The van der Waals surface area contributed by atoms with E-state index >= 15 is 0 Å². The highest BCUT2D eigenvalue weighted by Crippen LogP contribution is 2.36. The second-order valence-corrected chi connectivity index (χ2v) is 6.83. The molecule has 1 N–H and O–H groups in total. The van der Waals surface area contributed by atoms with Gasteiger partial charge in [0.1, 0.15) is 0 Å². The second kappa shape index (κ2) is 6.46. The van der Waals surface area contributed by atoms with Crippen LogP contribution in [0.2, 0.25) is 0 Å². The predicted octanol–water partition coefficient (Wildman–Crippen LogP) is 4.92. The third kappa shape index (κ3) is 3.82. The quantitative estimate of drug-likeness (QED) is 0.824. The van der Waals surface area contributed by atoms with Crippen LogP contribution in [-0.4, -0.2) is 29.9 Å². The SMILES string of the molecule is Cc1ccc(C2CCCC2)cc1NC(=O)N1CCC(F)(F)CC1. The first kappa shape index (κ1) is 16.2. The topological polar surface area (TPSA) is 32.3 Å². The number of benzene rings is 1. The first-order chi connectivity index (χ1) is 10.9. The molecule has 1 aromatic carbocycles. The van der Waals surface area contributed by atoms with Gasteiger partial charge in [-0.2, -0.15) is 0 Å². The van der Waals surface area contributed by atoms with Crippen LogP contribution in [0.5, 0.6) is 0 Å². The fourth-order valence-corrected chi connectivity index (χ4v) is 3.52. The Bertz CT molecular complexity index is 572. The Kier molecular flexibility index (Phi) is 4.55. The van der Waals surface area contributed by atoms with Crippen LogP contribution in [0, 0.1) is 6.92 Å². The van der Waals surface area contributed by atoms with E-state index < -0.39 is 5.92 Å². The van der Waals surface area contributed by atoms with Gasteiger partial charge in [-0.25, -0.2) is 13.6 Å². The Morgan fingerprint density at radius 1 is 1.22 bits per heavy atom. The summed E-state index contributed by atoms with van der Waals surface area (Å²) in [6.07, 6.45) is 4.45. The summed E-state index contributed by atoms with van der Waals surface area (Å²) < 4.78 is 26.4. The van der Waals surface area contributed by atoms with Gasteiger partial charge in [-0.05, 0) is 42.9 Å². The lowest BCUT2D eigenvalue weighted by Crippen LogP contribution is -2.44. The number of carbonyl (C=O) groups excluding carboxylic acids is 1. The molecule has 2 fully saturated rings. The van der Waals surface area contributed by atoms with E-state index in [1.165, 1.54) is 36.1 Å². The summed E-state index contributed by atoms with van der Waals surface area (Å²) in [5.41, 5.74) is 3.08. The average Bonchev–Trinajstić information content (AvgIpc) is 3.03. The number of amides is 2. The number of nitrogens with zero attached hydrogens (tertiary/aromatic N) is 1. The minimum Gasteiger partial charge on any atom is -0.324 e. The van der Waals surface area contributed by atoms with Gasteiger partial charge in [0.05, 0.1) is 0 Å². The molecule has 0 bridgehead atoms. The third-order valence-corrected chi connectivity index (χ3v) is 5.11. The highest BCUT2D eigenvalue weighted by Gasteiger charge is 2.35. The van der Waals surface area contributed by atoms with Crippen LogP contribution in [0.3, 0.4) is 0 Å². The standard InChI is InChI=1S/C18H24F2N2O/c1-13-6-7-15(14-4-2-3-5-14)12-16(13)21-17(23)22-10-8-18(19,20)9-11-22/h6-7,12,14H,2-5,8-11H2,1H3,(H,21,23). The van der Waals surface area contributed by atoms with E-state index in [-0.39, 0.29) is 32.0 Å². The molecule has 0 unspecified atom stereocenters. The Balaban J connectivity index is 1.67. The summed E-state index contributed by atoms with van der Waals surface area (Å²) in [5, 5.41) is 2.91. The molecule has 126 valence electrons. The Morgan fingerprint density at radius 3 is 2.52 bits per heavy atom. The molecule has 2 amide bonds. The maximum Gasteiger partial charge on any atom is 0.321 e. The molecule has 1 aliphatic carbocycles. The van der Waals surface area contributed by atoms with E-state index in [1.807, 2.05) is 13.0 Å². The smallest absolute Gasteiger partial charge is 0.321 e. The van der Waals surface area contributed by atoms with Crippen molar-refractivity contribution in [3.8, 4) is 0 Å². The number of anilines is 1. The van der Waals surface area contributed by atoms with Crippen molar-refractivity contribution in [1.29, 1.82) is 0 Å². The van der Waals surface area contributed by atoms with Crippen LogP contribution in [0.15, 0.2) is 18.2 Å². The molecule has 0 atom stereocenters. The van der Waals surface area contributed by atoms with Crippen molar-refractivity contribution in [2.24, 2.45) is 0 Å². The highest BCUT2D eigenvalue weighted by molar-refractivity contribution is 5.90. The summed E-state index contributed by atoms with van der Waals surface area (Å²) in [6, 6.07) is 5.96. The number of hydrogen-bond acceptors (Lipinski definition) is 1. The van der Waals surface area contributed by atoms with Crippen molar-refractivity contribution in [3.63, 3.8) is 0 Å². The minimum atomic E-state index is -2.63. The van der Waals surface area contributed by atoms with Crippen molar-refractivity contribution >= 4 is 11.7 Å². The number of urea groups is 1. The number of aryl methyl sites for hydroxylation is 1. The number of alkyl halides is 2. The average molecular weight is 322 g/mol. The monoisotopic (exact) mass is 322 g/mol. The van der Waals surface area contributed by atoms with Gasteiger partial charge < -0.3 is 10.2 Å². The van der Waals surface area contributed by atoms with E-state index in [9.17, 15) is 13.6 Å². The number of hydrogen-bond donors (Lipinski definition) is 1. The molecule has 0 radical (unpaired) electrons. The zero-order valence-corrected chi connectivity index (χ0v) is 13.6. The number of rotatable bonds is 2. The Hall–Kier alpha value is -1.65. The summed E-state index contributed by atoms with van der Waals surface area (Å²) in [7, 11) is 0. The summed E-state index contributed by atoms with van der Waals surface area (Å²) in [6.45, 7) is 2.18. The fraction of sp³-hybridized carbons (Fsp3) is 0.611. The van der Waals surface area contributed by atoms with Crippen LogP contribution >= 0.6 is 0 Å². The van der Waals surface area contributed by atoms with Gasteiger partial charge in [-0.15, -0.1) is 0 Å². The lowest BCUT2D eigenvalue weighted by molar-refractivity contribution is -0.0461. The molecule has 23 heavy (non-hydrogen) atoms. The molecule has 1 saturated carbocycles. The molecule has 0 spiro atoms. The van der Waals surface area contributed by atoms with Gasteiger partial charge in [0.25, 0.3) is 5.92 Å². The molecular formula is C18H24F2N2O. The number of piperidine rings is 1. The molecule has 3 nitrogen and oxygen atoms in total.